The van der Waals surface area contributed by atoms with Crippen molar-refractivity contribution in [1.82, 2.24) is 0 Å². The monoisotopic (exact) mass is 276 g/mol. The minimum absolute atomic E-state index is 0.0246. The number of halogens is 3. The van der Waals surface area contributed by atoms with Crippen LogP contribution < -0.4 is 0 Å². The largest absolute Gasteiger partial charge is 0.460 e. The predicted molar refractivity (Wildman–Crippen MR) is 62.3 cm³/mol. The molecule has 0 bridgehead atoms. The summed E-state index contributed by atoms with van der Waals surface area (Å²) in [6.07, 6.45) is 1.90. The van der Waals surface area contributed by atoms with Crippen LogP contribution in [-0.2, 0) is 9.47 Å². The molecular weight excluding hydrogens is 261 g/mol. The fourth-order valence-electron chi connectivity index (χ4n) is 1.30. The van der Waals surface area contributed by atoms with E-state index in [4.69, 9.17) is 9.47 Å². The molecule has 0 radical (unpaired) electrons. The van der Waals surface area contributed by atoms with E-state index >= 15 is 0 Å². The van der Waals surface area contributed by atoms with Gasteiger partial charge in [-0.25, -0.2) is 18.0 Å². The third kappa shape index (κ3) is 4.90. The highest BCUT2D eigenvalue weighted by atomic mass is 19.2. The summed E-state index contributed by atoms with van der Waals surface area (Å²) in [5.74, 6) is -5.38. The number of rotatable bonds is 7. The summed E-state index contributed by atoms with van der Waals surface area (Å²) in [6, 6.07) is 1.19. The van der Waals surface area contributed by atoms with E-state index in [-0.39, 0.29) is 18.8 Å². The number of carbonyl (C=O) groups excluding carboxylic acids is 1. The Bertz CT molecular complexity index is 412. The molecule has 6 heteroatoms. The van der Waals surface area contributed by atoms with E-state index in [0.717, 1.165) is 12.8 Å². The van der Waals surface area contributed by atoms with Crippen LogP contribution in [0, 0.1) is 17.5 Å². The van der Waals surface area contributed by atoms with E-state index in [1.165, 1.54) is 0 Å². The highest BCUT2D eigenvalue weighted by molar-refractivity contribution is 5.89. The van der Waals surface area contributed by atoms with E-state index < -0.39 is 23.4 Å². The maximum atomic E-state index is 12.9. The molecule has 0 heterocycles. The van der Waals surface area contributed by atoms with Crippen LogP contribution in [0.4, 0.5) is 13.2 Å². The number of hydrogen-bond donors (Lipinski definition) is 0. The van der Waals surface area contributed by atoms with Crippen molar-refractivity contribution in [3.8, 4) is 0 Å². The van der Waals surface area contributed by atoms with E-state index in [0.29, 0.717) is 18.7 Å². The Balaban J connectivity index is 2.42. The maximum absolute atomic E-state index is 12.9. The van der Waals surface area contributed by atoms with Gasteiger partial charge in [-0.15, -0.1) is 0 Å². The highest BCUT2D eigenvalue weighted by Gasteiger charge is 2.15. The zero-order valence-electron chi connectivity index (χ0n) is 10.5. The molecule has 0 aliphatic rings. The second-order valence-electron chi connectivity index (χ2n) is 3.86. The normalized spacial score (nSPS) is 10.5. The van der Waals surface area contributed by atoms with Gasteiger partial charge in [-0.05, 0) is 18.6 Å². The maximum Gasteiger partial charge on any atom is 0.338 e. The third-order valence-corrected chi connectivity index (χ3v) is 2.32. The van der Waals surface area contributed by atoms with Crippen LogP contribution in [0.5, 0.6) is 0 Å². The van der Waals surface area contributed by atoms with Gasteiger partial charge in [0.25, 0.3) is 0 Å². The zero-order valence-corrected chi connectivity index (χ0v) is 10.5. The van der Waals surface area contributed by atoms with Crippen LogP contribution in [0.1, 0.15) is 30.1 Å². The third-order valence-electron chi connectivity index (χ3n) is 2.32. The van der Waals surface area contributed by atoms with E-state index in [1.54, 1.807) is 0 Å². The Morgan fingerprint density at radius 1 is 1.11 bits per heavy atom. The molecule has 1 aromatic rings. The number of ether oxygens (including phenoxy) is 2. The number of benzene rings is 1. The molecule has 0 amide bonds. The van der Waals surface area contributed by atoms with Crippen molar-refractivity contribution in [3.05, 3.63) is 35.1 Å². The lowest BCUT2D eigenvalue weighted by atomic mass is 10.2. The second-order valence-corrected chi connectivity index (χ2v) is 3.86. The lowest BCUT2D eigenvalue weighted by Gasteiger charge is -2.06. The van der Waals surface area contributed by atoms with Crippen LogP contribution in [0.2, 0.25) is 0 Å². The molecule has 0 fully saturated rings. The first-order valence-electron chi connectivity index (χ1n) is 5.95. The molecule has 0 aliphatic carbocycles. The van der Waals surface area contributed by atoms with E-state index in [1.807, 2.05) is 6.92 Å². The summed E-state index contributed by atoms with van der Waals surface area (Å²) in [4.78, 5) is 11.4. The smallest absolute Gasteiger partial charge is 0.338 e. The first kappa shape index (κ1) is 15.5. The molecule has 1 rings (SSSR count). The summed E-state index contributed by atoms with van der Waals surface area (Å²) in [5.41, 5.74) is -0.370. The first-order chi connectivity index (χ1) is 9.06. The standard InChI is InChI=1S/C13H15F3O3/c1-2-3-4-18-5-6-19-13(17)9-7-10(14)12(16)11(15)8-9/h7-8H,2-6H2,1H3. The zero-order chi connectivity index (χ0) is 14.3. The van der Waals surface area contributed by atoms with Gasteiger partial charge in [0.05, 0.1) is 12.2 Å². The van der Waals surface area contributed by atoms with Crippen molar-refractivity contribution in [2.45, 2.75) is 19.8 Å². The summed E-state index contributed by atoms with van der Waals surface area (Å²) in [7, 11) is 0. The van der Waals surface area contributed by atoms with Crippen molar-refractivity contribution in [1.29, 1.82) is 0 Å². The molecule has 0 aliphatic heterocycles. The lowest BCUT2D eigenvalue weighted by Crippen LogP contribution is -2.12. The van der Waals surface area contributed by atoms with Gasteiger partial charge in [-0.2, -0.15) is 0 Å². The van der Waals surface area contributed by atoms with Crippen molar-refractivity contribution in [2.24, 2.45) is 0 Å². The van der Waals surface area contributed by atoms with Crippen LogP contribution in [0.15, 0.2) is 12.1 Å². The molecule has 3 nitrogen and oxygen atoms in total. The van der Waals surface area contributed by atoms with Crippen molar-refractivity contribution in [3.63, 3.8) is 0 Å². The number of carbonyl (C=O) groups is 1. The van der Waals surface area contributed by atoms with Gasteiger partial charge >= 0.3 is 5.97 Å². The molecule has 0 saturated heterocycles. The van der Waals surface area contributed by atoms with Gasteiger partial charge in [0.1, 0.15) is 6.61 Å². The topological polar surface area (TPSA) is 35.5 Å². The summed E-state index contributed by atoms with van der Waals surface area (Å²) >= 11 is 0. The molecule has 0 saturated carbocycles. The molecule has 0 aromatic heterocycles. The molecule has 0 spiro atoms. The molecular formula is C13H15F3O3. The Labute approximate surface area is 109 Å². The van der Waals surface area contributed by atoms with E-state index in [2.05, 4.69) is 0 Å². The van der Waals surface area contributed by atoms with Gasteiger partial charge in [-0.1, -0.05) is 13.3 Å². The Kier molecular flexibility index (Phi) is 6.35. The minimum atomic E-state index is -1.61. The van der Waals surface area contributed by atoms with Crippen LogP contribution >= 0.6 is 0 Å². The second kappa shape index (κ2) is 7.78. The SMILES string of the molecule is CCCCOCCOC(=O)c1cc(F)c(F)c(F)c1. The summed E-state index contributed by atoms with van der Waals surface area (Å²) < 4.78 is 48.3. The number of esters is 1. The average Bonchev–Trinajstić information content (AvgIpc) is 2.39. The quantitative estimate of drug-likeness (QED) is 0.436. The van der Waals surface area contributed by atoms with Gasteiger partial charge in [0, 0.05) is 6.61 Å². The van der Waals surface area contributed by atoms with Crippen LogP contribution in [0.25, 0.3) is 0 Å². The van der Waals surface area contributed by atoms with E-state index in [9.17, 15) is 18.0 Å². The summed E-state index contributed by atoms with van der Waals surface area (Å²) in [6.45, 7) is 2.76. The fraction of sp³-hybridized carbons (Fsp3) is 0.462. The molecule has 19 heavy (non-hydrogen) atoms. The fourth-order valence-corrected chi connectivity index (χ4v) is 1.30. The molecule has 0 atom stereocenters. The summed E-state index contributed by atoms with van der Waals surface area (Å²) in [5, 5.41) is 0. The van der Waals surface area contributed by atoms with Crippen LogP contribution in [-0.4, -0.2) is 25.8 Å². The van der Waals surface area contributed by atoms with Crippen LogP contribution in [0.3, 0.4) is 0 Å². The van der Waals surface area contributed by atoms with Crippen molar-refractivity contribution < 1.29 is 27.4 Å². The van der Waals surface area contributed by atoms with Gasteiger partial charge in [0.15, 0.2) is 17.5 Å². The Morgan fingerprint density at radius 2 is 1.74 bits per heavy atom. The average molecular weight is 276 g/mol. The molecule has 0 N–H and O–H groups in total. The predicted octanol–water partition coefficient (Wildman–Crippen LogP) is 3.08. The Morgan fingerprint density at radius 3 is 2.32 bits per heavy atom. The lowest BCUT2D eigenvalue weighted by molar-refractivity contribution is 0.0312. The molecule has 1 aromatic carbocycles. The molecule has 0 unspecified atom stereocenters. The van der Waals surface area contributed by atoms with Crippen molar-refractivity contribution in [2.75, 3.05) is 19.8 Å². The van der Waals surface area contributed by atoms with Gasteiger partial charge in [-0.3, -0.25) is 0 Å². The minimum Gasteiger partial charge on any atom is -0.460 e. The first-order valence-corrected chi connectivity index (χ1v) is 5.95. The Hall–Kier alpha value is -1.56. The number of unbranched alkanes of at least 4 members (excludes halogenated alkanes) is 1. The number of hydrogen-bond acceptors (Lipinski definition) is 3. The molecule has 106 valence electrons. The van der Waals surface area contributed by atoms with Crippen molar-refractivity contribution >= 4 is 5.97 Å². The van der Waals surface area contributed by atoms with Gasteiger partial charge < -0.3 is 9.47 Å². The highest BCUT2D eigenvalue weighted by Crippen LogP contribution is 2.14. The van der Waals surface area contributed by atoms with Gasteiger partial charge in [0.2, 0.25) is 0 Å².